The molecule has 2 aromatic rings. The van der Waals surface area contributed by atoms with E-state index in [0.717, 1.165) is 24.6 Å². The number of piperazine rings is 1. The van der Waals surface area contributed by atoms with Crippen LogP contribution < -0.4 is 4.90 Å². The van der Waals surface area contributed by atoms with Gasteiger partial charge in [0.25, 0.3) is 5.91 Å². The SMILES string of the molecule is CC(C)(C)n1ccc(C(=O)N2CCN(c3ncccn3)CC2)c1. The molecule has 2 aromatic heterocycles. The van der Waals surface area contributed by atoms with E-state index >= 15 is 0 Å². The Labute approximate surface area is 136 Å². The minimum atomic E-state index is -0.0120. The Bertz CT molecular complexity index is 666. The summed E-state index contributed by atoms with van der Waals surface area (Å²) in [4.78, 5) is 25.2. The highest BCUT2D eigenvalue weighted by Gasteiger charge is 2.24. The summed E-state index contributed by atoms with van der Waals surface area (Å²) >= 11 is 0. The summed E-state index contributed by atoms with van der Waals surface area (Å²) in [7, 11) is 0. The van der Waals surface area contributed by atoms with Gasteiger partial charge in [0, 0.05) is 56.5 Å². The lowest BCUT2D eigenvalue weighted by Gasteiger charge is -2.34. The molecule has 6 nitrogen and oxygen atoms in total. The van der Waals surface area contributed by atoms with Gasteiger partial charge >= 0.3 is 0 Å². The first-order chi connectivity index (χ1) is 10.9. The van der Waals surface area contributed by atoms with Gasteiger partial charge in [0.15, 0.2) is 0 Å². The number of amides is 1. The second-order valence-corrected chi connectivity index (χ2v) is 6.81. The molecule has 1 fully saturated rings. The van der Waals surface area contributed by atoms with E-state index in [1.807, 2.05) is 29.4 Å². The Kier molecular flexibility index (Phi) is 4.07. The van der Waals surface area contributed by atoms with Crippen LogP contribution in [0.3, 0.4) is 0 Å². The van der Waals surface area contributed by atoms with Gasteiger partial charge in [-0.3, -0.25) is 4.79 Å². The van der Waals surface area contributed by atoms with Crippen molar-refractivity contribution < 1.29 is 4.79 Å². The van der Waals surface area contributed by atoms with E-state index in [1.54, 1.807) is 12.4 Å². The molecule has 122 valence electrons. The highest BCUT2D eigenvalue weighted by molar-refractivity contribution is 5.94. The fourth-order valence-electron chi connectivity index (χ4n) is 2.69. The van der Waals surface area contributed by atoms with Gasteiger partial charge in [0.2, 0.25) is 5.95 Å². The second-order valence-electron chi connectivity index (χ2n) is 6.81. The van der Waals surface area contributed by atoms with Gasteiger partial charge in [-0.1, -0.05) is 0 Å². The van der Waals surface area contributed by atoms with Crippen molar-refractivity contribution in [2.45, 2.75) is 26.3 Å². The lowest BCUT2D eigenvalue weighted by molar-refractivity contribution is 0.0746. The van der Waals surface area contributed by atoms with E-state index in [2.05, 4.69) is 40.2 Å². The number of hydrogen-bond acceptors (Lipinski definition) is 4. The van der Waals surface area contributed by atoms with Gasteiger partial charge in [0.1, 0.15) is 0 Å². The molecule has 0 aromatic carbocycles. The Morgan fingerprint density at radius 2 is 1.74 bits per heavy atom. The third-order valence-electron chi connectivity index (χ3n) is 4.12. The summed E-state index contributed by atoms with van der Waals surface area (Å²) in [6.07, 6.45) is 7.40. The van der Waals surface area contributed by atoms with E-state index in [0.29, 0.717) is 13.1 Å². The molecule has 0 saturated carbocycles. The van der Waals surface area contributed by atoms with Crippen molar-refractivity contribution in [3.8, 4) is 0 Å². The van der Waals surface area contributed by atoms with Crippen LogP contribution in [-0.4, -0.2) is 51.5 Å². The molecule has 0 bridgehead atoms. The van der Waals surface area contributed by atoms with Crippen molar-refractivity contribution in [1.82, 2.24) is 19.4 Å². The molecule has 1 saturated heterocycles. The zero-order valence-corrected chi connectivity index (χ0v) is 13.9. The molecule has 6 heteroatoms. The van der Waals surface area contributed by atoms with Crippen LogP contribution in [0.25, 0.3) is 0 Å². The predicted octanol–water partition coefficient (Wildman–Crippen LogP) is 2.00. The minimum Gasteiger partial charge on any atom is -0.348 e. The lowest BCUT2D eigenvalue weighted by Crippen LogP contribution is -2.49. The van der Waals surface area contributed by atoms with Crippen LogP contribution in [0, 0.1) is 0 Å². The fraction of sp³-hybridized carbons (Fsp3) is 0.471. The number of rotatable bonds is 2. The van der Waals surface area contributed by atoms with E-state index in [-0.39, 0.29) is 11.4 Å². The molecular weight excluding hydrogens is 290 g/mol. The van der Waals surface area contributed by atoms with Crippen LogP contribution in [-0.2, 0) is 5.54 Å². The van der Waals surface area contributed by atoms with E-state index in [9.17, 15) is 4.79 Å². The Morgan fingerprint density at radius 1 is 1.09 bits per heavy atom. The highest BCUT2D eigenvalue weighted by Crippen LogP contribution is 2.18. The quantitative estimate of drug-likeness (QED) is 0.851. The normalized spacial score (nSPS) is 15.8. The van der Waals surface area contributed by atoms with Crippen molar-refractivity contribution in [3.63, 3.8) is 0 Å². The molecule has 1 aliphatic heterocycles. The molecular formula is C17H23N5O. The van der Waals surface area contributed by atoms with E-state index in [4.69, 9.17) is 0 Å². The summed E-state index contributed by atoms with van der Waals surface area (Å²) in [5.74, 6) is 0.833. The number of nitrogens with zero attached hydrogens (tertiary/aromatic N) is 5. The van der Waals surface area contributed by atoms with Gasteiger partial charge in [0.05, 0.1) is 5.56 Å². The molecule has 0 radical (unpaired) electrons. The van der Waals surface area contributed by atoms with Crippen molar-refractivity contribution in [1.29, 1.82) is 0 Å². The Morgan fingerprint density at radius 3 is 2.30 bits per heavy atom. The zero-order chi connectivity index (χ0) is 16.4. The molecule has 3 rings (SSSR count). The summed E-state index contributed by atoms with van der Waals surface area (Å²) in [5, 5.41) is 0. The molecule has 0 atom stereocenters. The summed E-state index contributed by atoms with van der Waals surface area (Å²) in [5.41, 5.74) is 0.742. The molecule has 23 heavy (non-hydrogen) atoms. The maximum absolute atomic E-state index is 12.6. The molecule has 3 heterocycles. The van der Waals surface area contributed by atoms with Gasteiger partial charge in [-0.15, -0.1) is 0 Å². The second kappa shape index (κ2) is 6.02. The first-order valence-electron chi connectivity index (χ1n) is 7.95. The van der Waals surface area contributed by atoms with Gasteiger partial charge in [-0.25, -0.2) is 9.97 Å². The smallest absolute Gasteiger partial charge is 0.255 e. The van der Waals surface area contributed by atoms with Crippen LogP contribution >= 0.6 is 0 Å². The number of hydrogen-bond donors (Lipinski definition) is 0. The molecule has 1 aliphatic rings. The molecule has 0 spiro atoms. The zero-order valence-electron chi connectivity index (χ0n) is 13.9. The van der Waals surface area contributed by atoms with Crippen molar-refractivity contribution in [3.05, 3.63) is 42.5 Å². The summed E-state index contributed by atoms with van der Waals surface area (Å²) in [6, 6.07) is 3.71. The largest absolute Gasteiger partial charge is 0.348 e. The molecule has 0 N–H and O–H groups in total. The number of anilines is 1. The average molecular weight is 313 g/mol. The Balaban J connectivity index is 1.63. The number of aromatic nitrogens is 3. The van der Waals surface area contributed by atoms with E-state index < -0.39 is 0 Å². The Hall–Kier alpha value is -2.37. The standard InChI is InChI=1S/C17H23N5O/c1-17(2,3)22-8-5-14(13-22)15(23)20-9-11-21(12-10-20)16-18-6-4-7-19-16/h4-8,13H,9-12H2,1-3H3. The summed E-state index contributed by atoms with van der Waals surface area (Å²) in [6.45, 7) is 9.28. The van der Waals surface area contributed by atoms with Crippen LogP contribution in [0.1, 0.15) is 31.1 Å². The topological polar surface area (TPSA) is 54.3 Å². The van der Waals surface area contributed by atoms with Gasteiger partial charge in [-0.2, -0.15) is 0 Å². The lowest BCUT2D eigenvalue weighted by atomic mass is 10.1. The monoisotopic (exact) mass is 313 g/mol. The molecule has 0 unspecified atom stereocenters. The molecule has 1 amide bonds. The van der Waals surface area contributed by atoms with Crippen molar-refractivity contribution in [2.24, 2.45) is 0 Å². The third kappa shape index (κ3) is 3.36. The van der Waals surface area contributed by atoms with Gasteiger partial charge in [-0.05, 0) is 32.9 Å². The van der Waals surface area contributed by atoms with Crippen LogP contribution in [0.15, 0.2) is 36.9 Å². The highest BCUT2D eigenvalue weighted by atomic mass is 16.2. The van der Waals surface area contributed by atoms with Crippen molar-refractivity contribution in [2.75, 3.05) is 31.1 Å². The van der Waals surface area contributed by atoms with E-state index in [1.165, 1.54) is 0 Å². The number of carbonyl (C=O) groups excluding carboxylic acids is 1. The van der Waals surface area contributed by atoms with Crippen LogP contribution in [0.5, 0.6) is 0 Å². The maximum atomic E-state index is 12.6. The van der Waals surface area contributed by atoms with Gasteiger partial charge < -0.3 is 14.4 Å². The minimum absolute atomic E-state index is 0.0120. The summed E-state index contributed by atoms with van der Waals surface area (Å²) < 4.78 is 2.08. The number of carbonyl (C=O) groups is 1. The fourth-order valence-corrected chi connectivity index (χ4v) is 2.69. The first-order valence-corrected chi connectivity index (χ1v) is 7.95. The first kappa shape index (κ1) is 15.5. The average Bonchev–Trinajstić information content (AvgIpc) is 3.05. The predicted molar refractivity (Wildman–Crippen MR) is 89.6 cm³/mol. The maximum Gasteiger partial charge on any atom is 0.255 e. The van der Waals surface area contributed by atoms with Crippen molar-refractivity contribution >= 4 is 11.9 Å². The third-order valence-corrected chi connectivity index (χ3v) is 4.12. The molecule has 0 aliphatic carbocycles. The van der Waals surface area contributed by atoms with Crippen LogP contribution in [0.4, 0.5) is 5.95 Å². The van der Waals surface area contributed by atoms with Crippen LogP contribution in [0.2, 0.25) is 0 Å².